The maximum atomic E-state index is 12.2. The summed E-state index contributed by atoms with van der Waals surface area (Å²) in [5.41, 5.74) is 0.350. The summed E-state index contributed by atoms with van der Waals surface area (Å²) >= 11 is 0. The van der Waals surface area contributed by atoms with Gasteiger partial charge in [0.15, 0.2) is 0 Å². The molecule has 1 heteroatoms. The third kappa shape index (κ3) is 6.24. The zero-order valence-electron chi connectivity index (χ0n) is 12.2. The lowest BCUT2D eigenvalue weighted by molar-refractivity contribution is -0.124. The molecule has 0 radical (unpaired) electrons. The van der Waals surface area contributed by atoms with Crippen LogP contribution >= 0.6 is 0 Å². The summed E-state index contributed by atoms with van der Waals surface area (Å²) in [6, 6.07) is 0. The van der Waals surface area contributed by atoms with Crippen LogP contribution in [-0.2, 0) is 4.79 Å². The first-order valence-electron chi connectivity index (χ1n) is 7.41. The molecular formula is C16H30O. The molecule has 1 nitrogen and oxygen atoms in total. The van der Waals surface area contributed by atoms with Gasteiger partial charge in [0.2, 0.25) is 0 Å². The van der Waals surface area contributed by atoms with Crippen molar-refractivity contribution in [2.24, 2.45) is 17.3 Å². The van der Waals surface area contributed by atoms with Crippen molar-refractivity contribution in [3.05, 3.63) is 0 Å². The number of hydrogen-bond donors (Lipinski definition) is 0. The van der Waals surface area contributed by atoms with Crippen LogP contribution in [0.4, 0.5) is 0 Å². The fourth-order valence-electron chi connectivity index (χ4n) is 3.23. The van der Waals surface area contributed by atoms with Crippen molar-refractivity contribution in [1.82, 2.24) is 0 Å². The van der Waals surface area contributed by atoms with Crippen LogP contribution in [0.25, 0.3) is 0 Å². The quantitative estimate of drug-likeness (QED) is 0.631. The summed E-state index contributed by atoms with van der Waals surface area (Å²) in [7, 11) is 0. The molecule has 100 valence electrons. The van der Waals surface area contributed by atoms with Crippen LogP contribution in [-0.4, -0.2) is 5.78 Å². The Morgan fingerprint density at radius 1 is 1.12 bits per heavy atom. The van der Waals surface area contributed by atoms with Crippen LogP contribution < -0.4 is 0 Å². The van der Waals surface area contributed by atoms with Gasteiger partial charge >= 0.3 is 0 Å². The molecule has 0 heterocycles. The van der Waals surface area contributed by atoms with Crippen LogP contribution in [0.2, 0.25) is 0 Å². The van der Waals surface area contributed by atoms with Crippen molar-refractivity contribution < 1.29 is 4.79 Å². The van der Waals surface area contributed by atoms with E-state index in [1.54, 1.807) is 0 Å². The first-order valence-corrected chi connectivity index (χ1v) is 7.41. The van der Waals surface area contributed by atoms with Gasteiger partial charge in [0.1, 0.15) is 5.78 Å². The third-order valence-electron chi connectivity index (χ3n) is 3.82. The second kappa shape index (κ2) is 6.56. The van der Waals surface area contributed by atoms with E-state index in [1.165, 1.54) is 25.7 Å². The minimum Gasteiger partial charge on any atom is -0.299 e. The molecule has 1 rings (SSSR count). The second-order valence-corrected chi connectivity index (χ2v) is 7.23. The molecular weight excluding hydrogens is 208 g/mol. The van der Waals surface area contributed by atoms with Gasteiger partial charge in [0.05, 0.1) is 0 Å². The highest BCUT2D eigenvalue weighted by molar-refractivity contribution is 5.81. The molecule has 0 amide bonds. The Morgan fingerprint density at radius 3 is 2.12 bits per heavy atom. The SMILES string of the molecule is CC(CC(=O)C1CCCCCC1)CC(C)(C)C. The highest BCUT2D eigenvalue weighted by Gasteiger charge is 2.23. The van der Waals surface area contributed by atoms with E-state index in [2.05, 4.69) is 27.7 Å². The van der Waals surface area contributed by atoms with E-state index in [0.29, 0.717) is 23.0 Å². The standard InChI is InChI=1S/C16H30O/c1-13(12-16(2,3)4)11-15(17)14-9-7-5-6-8-10-14/h13-14H,5-12H2,1-4H3. The molecule has 1 aliphatic rings. The van der Waals surface area contributed by atoms with E-state index in [0.717, 1.165) is 25.7 Å². The number of rotatable bonds is 4. The Bertz CT molecular complexity index is 228. The first-order chi connectivity index (χ1) is 7.88. The molecule has 0 bridgehead atoms. The van der Waals surface area contributed by atoms with Crippen LogP contribution in [0, 0.1) is 17.3 Å². The van der Waals surface area contributed by atoms with Gasteiger partial charge in [0.25, 0.3) is 0 Å². The molecule has 1 unspecified atom stereocenters. The third-order valence-corrected chi connectivity index (χ3v) is 3.82. The summed E-state index contributed by atoms with van der Waals surface area (Å²) in [5, 5.41) is 0. The lowest BCUT2D eigenvalue weighted by Gasteiger charge is -2.24. The Labute approximate surface area is 107 Å². The number of hydrogen-bond acceptors (Lipinski definition) is 1. The van der Waals surface area contributed by atoms with Crippen molar-refractivity contribution in [2.45, 2.75) is 79.1 Å². The molecule has 1 aliphatic carbocycles. The normalized spacial score (nSPS) is 20.9. The highest BCUT2D eigenvalue weighted by Crippen LogP contribution is 2.29. The van der Waals surface area contributed by atoms with Gasteiger partial charge in [-0.05, 0) is 30.6 Å². The topological polar surface area (TPSA) is 17.1 Å². The van der Waals surface area contributed by atoms with Crippen LogP contribution in [0.15, 0.2) is 0 Å². The predicted molar refractivity (Wildman–Crippen MR) is 74.1 cm³/mol. The van der Waals surface area contributed by atoms with Gasteiger partial charge in [-0.15, -0.1) is 0 Å². The Hall–Kier alpha value is -0.330. The van der Waals surface area contributed by atoms with Crippen molar-refractivity contribution in [1.29, 1.82) is 0 Å². The summed E-state index contributed by atoms with van der Waals surface area (Å²) in [4.78, 5) is 12.2. The highest BCUT2D eigenvalue weighted by atomic mass is 16.1. The lowest BCUT2D eigenvalue weighted by atomic mass is 9.81. The molecule has 17 heavy (non-hydrogen) atoms. The Balaban J connectivity index is 2.36. The molecule has 0 aromatic rings. The number of Topliss-reactive ketones (excluding diaryl/α,β-unsaturated/α-hetero) is 1. The minimum absolute atomic E-state index is 0.350. The molecule has 1 saturated carbocycles. The van der Waals surface area contributed by atoms with Gasteiger partial charge in [-0.1, -0.05) is 53.4 Å². The summed E-state index contributed by atoms with van der Waals surface area (Å²) in [6.07, 6.45) is 9.48. The monoisotopic (exact) mass is 238 g/mol. The van der Waals surface area contributed by atoms with Gasteiger partial charge in [0, 0.05) is 12.3 Å². The Kier molecular flexibility index (Phi) is 5.69. The number of carbonyl (C=O) groups excluding carboxylic acids is 1. The number of ketones is 1. The summed E-state index contributed by atoms with van der Waals surface area (Å²) in [6.45, 7) is 9.03. The molecule has 1 fully saturated rings. The Morgan fingerprint density at radius 2 is 1.65 bits per heavy atom. The largest absolute Gasteiger partial charge is 0.299 e. The van der Waals surface area contributed by atoms with Gasteiger partial charge < -0.3 is 0 Å². The van der Waals surface area contributed by atoms with Crippen molar-refractivity contribution in [2.75, 3.05) is 0 Å². The van der Waals surface area contributed by atoms with E-state index < -0.39 is 0 Å². The van der Waals surface area contributed by atoms with Crippen molar-refractivity contribution >= 4 is 5.78 Å². The van der Waals surface area contributed by atoms with Gasteiger partial charge in [-0.2, -0.15) is 0 Å². The molecule has 0 spiro atoms. The second-order valence-electron chi connectivity index (χ2n) is 7.23. The van der Waals surface area contributed by atoms with E-state index in [1.807, 2.05) is 0 Å². The molecule has 0 aromatic carbocycles. The molecule has 0 N–H and O–H groups in total. The summed E-state index contributed by atoms with van der Waals surface area (Å²) in [5.74, 6) is 1.48. The summed E-state index contributed by atoms with van der Waals surface area (Å²) < 4.78 is 0. The first kappa shape index (κ1) is 14.7. The van der Waals surface area contributed by atoms with E-state index in [-0.39, 0.29) is 0 Å². The molecule has 0 aliphatic heterocycles. The molecule has 0 saturated heterocycles. The van der Waals surface area contributed by atoms with Crippen molar-refractivity contribution in [3.8, 4) is 0 Å². The van der Waals surface area contributed by atoms with Gasteiger partial charge in [-0.3, -0.25) is 4.79 Å². The van der Waals surface area contributed by atoms with E-state index >= 15 is 0 Å². The van der Waals surface area contributed by atoms with Crippen LogP contribution in [0.5, 0.6) is 0 Å². The fourth-order valence-corrected chi connectivity index (χ4v) is 3.23. The lowest BCUT2D eigenvalue weighted by Crippen LogP contribution is -2.19. The van der Waals surface area contributed by atoms with E-state index in [4.69, 9.17) is 0 Å². The average Bonchev–Trinajstić information content (AvgIpc) is 2.41. The van der Waals surface area contributed by atoms with Gasteiger partial charge in [-0.25, -0.2) is 0 Å². The zero-order chi connectivity index (χ0) is 12.9. The maximum absolute atomic E-state index is 12.2. The van der Waals surface area contributed by atoms with Crippen molar-refractivity contribution in [3.63, 3.8) is 0 Å². The van der Waals surface area contributed by atoms with E-state index in [9.17, 15) is 4.79 Å². The predicted octanol–water partition coefficient (Wildman–Crippen LogP) is 4.99. The molecule has 1 atom stereocenters. The average molecular weight is 238 g/mol. The zero-order valence-corrected chi connectivity index (χ0v) is 12.2. The number of carbonyl (C=O) groups is 1. The van der Waals surface area contributed by atoms with Crippen LogP contribution in [0.3, 0.4) is 0 Å². The fraction of sp³-hybridized carbons (Fsp3) is 0.938. The smallest absolute Gasteiger partial charge is 0.136 e. The molecule has 0 aromatic heterocycles. The maximum Gasteiger partial charge on any atom is 0.136 e. The van der Waals surface area contributed by atoms with Crippen LogP contribution in [0.1, 0.15) is 79.1 Å². The minimum atomic E-state index is 0.350.